The predicted octanol–water partition coefficient (Wildman–Crippen LogP) is 5.12. The molecule has 3 aromatic carbocycles. The van der Waals surface area contributed by atoms with Crippen molar-refractivity contribution in [1.29, 1.82) is 0 Å². The Morgan fingerprint density at radius 2 is 1.79 bits per heavy atom. The molecule has 0 spiro atoms. The molecule has 1 aromatic heterocycles. The molecule has 24 heavy (non-hydrogen) atoms. The maximum Gasteiger partial charge on any atom is 0.258 e. The van der Waals surface area contributed by atoms with E-state index in [1.807, 2.05) is 42.5 Å². The summed E-state index contributed by atoms with van der Waals surface area (Å²) in [7, 11) is 0. The lowest BCUT2D eigenvalue weighted by molar-refractivity contribution is 0.287. The summed E-state index contributed by atoms with van der Waals surface area (Å²) in [4.78, 5) is 4.39. The zero-order valence-electron chi connectivity index (χ0n) is 12.6. The SMILES string of the molecule is Clc1cccc(OCc2noc(-c3ccc4ccccc4c3)n2)c1. The van der Waals surface area contributed by atoms with Gasteiger partial charge in [-0.3, -0.25) is 0 Å². The molecule has 0 unspecified atom stereocenters. The Morgan fingerprint density at radius 3 is 2.67 bits per heavy atom. The number of benzene rings is 3. The van der Waals surface area contributed by atoms with Gasteiger partial charge < -0.3 is 9.26 Å². The van der Waals surface area contributed by atoms with Crippen LogP contribution >= 0.6 is 11.6 Å². The molecule has 1 heterocycles. The first-order valence-corrected chi connectivity index (χ1v) is 7.86. The fraction of sp³-hybridized carbons (Fsp3) is 0.0526. The summed E-state index contributed by atoms with van der Waals surface area (Å²) in [6.07, 6.45) is 0. The summed E-state index contributed by atoms with van der Waals surface area (Å²) in [5, 5.41) is 6.89. The Kier molecular flexibility index (Phi) is 3.89. The fourth-order valence-corrected chi connectivity index (χ4v) is 2.64. The van der Waals surface area contributed by atoms with Crippen molar-refractivity contribution >= 4 is 22.4 Å². The summed E-state index contributed by atoms with van der Waals surface area (Å²) >= 11 is 5.93. The number of halogens is 1. The van der Waals surface area contributed by atoms with Crippen molar-refractivity contribution in [2.75, 3.05) is 0 Å². The van der Waals surface area contributed by atoms with Gasteiger partial charge in [-0.1, -0.05) is 53.2 Å². The molecular formula is C19H13ClN2O2. The minimum absolute atomic E-state index is 0.220. The molecule has 0 N–H and O–H groups in total. The molecular weight excluding hydrogens is 324 g/mol. The van der Waals surface area contributed by atoms with Crippen LogP contribution in [0.2, 0.25) is 5.02 Å². The second kappa shape index (κ2) is 6.34. The van der Waals surface area contributed by atoms with Crippen LogP contribution in [0.4, 0.5) is 0 Å². The Bertz CT molecular complexity index is 997. The average Bonchev–Trinajstić information content (AvgIpc) is 3.09. The van der Waals surface area contributed by atoms with Gasteiger partial charge >= 0.3 is 0 Å². The van der Waals surface area contributed by atoms with Gasteiger partial charge in [0.25, 0.3) is 5.89 Å². The first-order valence-electron chi connectivity index (χ1n) is 7.48. The van der Waals surface area contributed by atoms with Gasteiger partial charge in [-0.2, -0.15) is 4.98 Å². The zero-order valence-corrected chi connectivity index (χ0v) is 13.4. The molecule has 0 saturated heterocycles. The third-order valence-electron chi connectivity index (χ3n) is 3.63. The molecule has 4 aromatic rings. The van der Waals surface area contributed by atoms with Crippen LogP contribution in [0.3, 0.4) is 0 Å². The lowest BCUT2D eigenvalue weighted by atomic mass is 10.1. The highest BCUT2D eigenvalue weighted by Crippen LogP contribution is 2.23. The summed E-state index contributed by atoms with van der Waals surface area (Å²) < 4.78 is 11.0. The molecule has 118 valence electrons. The maximum atomic E-state index is 5.93. The third-order valence-corrected chi connectivity index (χ3v) is 3.86. The van der Waals surface area contributed by atoms with Crippen LogP contribution in [0.5, 0.6) is 5.75 Å². The first-order chi connectivity index (χ1) is 11.8. The molecule has 0 aliphatic carbocycles. The van der Waals surface area contributed by atoms with E-state index in [-0.39, 0.29) is 6.61 Å². The van der Waals surface area contributed by atoms with Gasteiger partial charge in [0, 0.05) is 10.6 Å². The van der Waals surface area contributed by atoms with E-state index in [2.05, 4.69) is 22.3 Å². The van der Waals surface area contributed by atoms with E-state index in [1.165, 1.54) is 5.39 Å². The standard InChI is InChI=1S/C19H13ClN2O2/c20-16-6-3-7-17(11-16)23-12-18-21-19(24-22-18)15-9-8-13-4-1-2-5-14(13)10-15/h1-11H,12H2. The predicted molar refractivity (Wildman–Crippen MR) is 93.0 cm³/mol. The summed E-state index contributed by atoms with van der Waals surface area (Å²) in [6.45, 7) is 0.220. The lowest BCUT2D eigenvalue weighted by Crippen LogP contribution is -1.97. The summed E-state index contributed by atoms with van der Waals surface area (Å²) in [5.41, 5.74) is 0.884. The lowest BCUT2D eigenvalue weighted by Gasteiger charge is -2.02. The molecule has 0 aliphatic heterocycles. The molecule has 0 radical (unpaired) electrons. The topological polar surface area (TPSA) is 48.2 Å². The van der Waals surface area contributed by atoms with Gasteiger partial charge in [-0.05, 0) is 41.1 Å². The normalized spacial score (nSPS) is 10.9. The number of nitrogens with zero attached hydrogens (tertiary/aromatic N) is 2. The van der Waals surface area contributed by atoms with Gasteiger partial charge in [0.15, 0.2) is 6.61 Å². The number of hydrogen-bond acceptors (Lipinski definition) is 4. The molecule has 0 fully saturated rings. The van der Waals surface area contributed by atoms with Crippen LogP contribution in [-0.2, 0) is 6.61 Å². The van der Waals surface area contributed by atoms with Crippen molar-refractivity contribution in [1.82, 2.24) is 10.1 Å². The number of hydrogen-bond donors (Lipinski definition) is 0. The summed E-state index contributed by atoms with van der Waals surface area (Å²) in [5.74, 6) is 1.63. The molecule has 0 amide bonds. The van der Waals surface area contributed by atoms with Gasteiger partial charge in [-0.25, -0.2) is 0 Å². The number of aromatic nitrogens is 2. The average molecular weight is 337 g/mol. The Morgan fingerprint density at radius 1 is 0.917 bits per heavy atom. The number of rotatable bonds is 4. The van der Waals surface area contributed by atoms with E-state index in [1.54, 1.807) is 12.1 Å². The van der Waals surface area contributed by atoms with Gasteiger partial charge in [0.05, 0.1) is 0 Å². The van der Waals surface area contributed by atoms with Gasteiger partial charge in [0.2, 0.25) is 5.82 Å². The van der Waals surface area contributed by atoms with Gasteiger partial charge in [0.1, 0.15) is 5.75 Å². The van der Waals surface area contributed by atoms with Crippen molar-refractivity contribution in [2.24, 2.45) is 0 Å². The molecule has 0 atom stereocenters. The van der Waals surface area contributed by atoms with E-state index >= 15 is 0 Å². The summed E-state index contributed by atoms with van der Waals surface area (Å²) in [6, 6.07) is 21.4. The van der Waals surface area contributed by atoms with Gasteiger partial charge in [-0.15, -0.1) is 0 Å². The molecule has 4 nitrogen and oxygen atoms in total. The van der Waals surface area contributed by atoms with Crippen LogP contribution in [0.15, 0.2) is 71.3 Å². The number of ether oxygens (including phenoxy) is 1. The van der Waals surface area contributed by atoms with E-state index in [0.717, 1.165) is 10.9 Å². The van der Waals surface area contributed by atoms with Crippen molar-refractivity contribution < 1.29 is 9.26 Å². The highest BCUT2D eigenvalue weighted by atomic mass is 35.5. The molecule has 0 aliphatic rings. The van der Waals surface area contributed by atoms with Crippen LogP contribution < -0.4 is 4.74 Å². The highest BCUT2D eigenvalue weighted by Gasteiger charge is 2.10. The fourth-order valence-electron chi connectivity index (χ4n) is 2.46. The smallest absolute Gasteiger partial charge is 0.258 e. The minimum atomic E-state index is 0.220. The van der Waals surface area contributed by atoms with E-state index in [9.17, 15) is 0 Å². The molecule has 5 heteroatoms. The maximum absolute atomic E-state index is 5.93. The molecule has 0 bridgehead atoms. The van der Waals surface area contributed by atoms with E-state index < -0.39 is 0 Å². The van der Waals surface area contributed by atoms with Crippen molar-refractivity contribution in [3.05, 3.63) is 77.6 Å². The van der Waals surface area contributed by atoms with E-state index in [4.69, 9.17) is 20.9 Å². The van der Waals surface area contributed by atoms with Crippen molar-refractivity contribution in [3.8, 4) is 17.2 Å². The highest BCUT2D eigenvalue weighted by molar-refractivity contribution is 6.30. The van der Waals surface area contributed by atoms with Crippen molar-refractivity contribution in [2.45, 2.75) is 6.61 Å². The second-order valence-electron chi connectivity index (χ2n) is 5.32. The van der Waals surface area contributed by atoms with Crippen LogP contribution in [0.25, 0.3) is 22.2 Å². The van der Waals surface area contributed by atoms with Crippen molar-refractivity contribution in [3.63, 3.8) is 0 Å². The third kappa shape index (κ3) is 3.09. The monoisotopic (exact) mass is 336 g/mol. The minimum Gasteiger partial charge on any atom is -0.485 e. The second-order valence-corrected chi connectivity index (χ2v) is 5.76. The number of fused-ring (bicyclic) bond motifs is 1. The Balaban J connectivity index is 1.53. The molecule has 4 rings (SSSR count). The molecule has 0 saturated carbocycles. The Labute approximate surface area is 143 Å². The van der Waals surface area contributed by atoms with E-state index in [0.29, 0.717) is 22.5 Å². The quantitative estimate of drug-likeness (QED) is 0.519. The zero-order chi connectivity index (χ0) is 16.4. The Hall–Kier alpha value is -2.85. The largest absolute Gasteiger partial charge is 0.485 e. The van der Waals surface area contributed by atoms with Crippen LogP contribution in [0, 0.1) is 0 Å². The van der Waals surface area contributed by atoms with Crippen LogP contribution in [0.1, 0.15) is 5.82 Å². The first kappa shape index (κ1) is 14.7. The van der Waals surface area contributed by atoms with Crippen LogP contribution in [-0.4, -0.2) is 10.1 Å².